The van der Waals surface area contributed by atoms with Crippen molar-refractivity contribution < 1.29 is 9.13 Å². The number of nitrogens with one attached hydrogen (secondary N) is 1. The van der Waals surface area contributed by atoms with Gasteiger partial charge in [0.2, 0.25) is 0 Å². The summed E-state index contributed by atoms with van der Waals surface area (Å²) in [5.41, 5.74) is 0.732. The minimum Gasteiger partial charge on any atom is -0.494 e. The van der Waals surface area contributed by atoms with E-state index in [9.17, 15) is 4.39 Å². The maximum absolute atomic E-state index is 13.4. The third-order valence-electron chi connectivity index (χ3n) is 2.57. The molecule has 3 nitrogen and oxygen atoms in total. The van der Waals surface area contributed by atoms with E-state index in [2.05, 4.69) is 0 Å². The SMILES string of the molecule is COc1ccc(N2CCCC2=N)cc1F. The fraction of sp³-hybridized carbons (Fsp3) is 0.364. The fourth-order valence-corrected chi connectivity index (χ4v) is 1.78. The topological polar surface area (TPSA) is 36.3 Å². The Labute approximate surface area is 88.0 Å². The summed E-state index contributed by atoms with van der Waals surface area (Å²) in [5, 5.41) is 7.68. The van der Waals surface area contributed by atoms with Gasteiger partial charge in [0.15, 0.2) is 11.6 Å². The lowest BCUT2D eigenvalue weighted by Crippen LogP contribution is -2.23. The Hall–Kier alpha value is -1.58. The number of amidine groups is 1. The summed E-state index contributed by atoms with van der Waals surface area (Å²) in [7, 11) is 1.44. The van der Waals surface area contributed by atoms with E-state index in [0.717, 1.165) is 25.1 Å². The normalized spacial score (nSPS) is 15.9. The lowest BCUT2D eigenvalue weighted by Gasteiger charge is -2.18. The van der Waals surface area contributed by atoms with Crippen molar-refractivity contribution in [3.8, 4) is 5.75 Å². The predicted molar refractivity (Wildman–Crippen MR) is 57.3 cm³/mol. The second kappa shape index (κ2) is 3.88. The Morgan fingerprint density at radius 2 is 2.27 bits per heavy atom. The zero-order chi connectivity index (χ0) is 10.8. The first-order valence-corrected chi connectivity index (χ1v) is 4.91. The van der Waals surface area contributed by atoms with E-state index in [4.69, 9.17) is 10.1 Å². The van der Waals surface area contributed by atoms with E-state index < -0.39 is 0 Å². The largest absolute Gasteiger partial charge is 0.494 e. The Balaban J connectivity index is 2.29. The van der Waals surface area contributed by atoms with E-state index in [1.54, 1.807) is 12.1 Å². The smallest absolute Gasteiger partial charge is 0.167 e. The predicted octanol–water partition coefficient (Wildman–Crippen LogP) is 2.41. The number of nitrogens with zero attached hydrogens (tertiary/aromatic N) is 1. The average Bonchev–Trinajstić information content (AvgIpc) is 2.64. The average molecular weight is 208 g/mol. The standard InChI is InChI=1S/C11H13FN2O/c1-15-10-5-4-8(7-9(10)12)14-6-2-3-11(14)13/h4-5,7,13H,2-3,6H2,1H3. The monoisotopic (exact) mass is 208 g/mol. The highest BCUT2D eigenvalue weighted by atomic mass is 19.1. The van der Waals surface area contributed by atoms with Crippen molar-refractivity contribution in [3.05, 3.63) is 24.0 Å². The van der Waals surface area contributed by atoms with Crippen molar-refractivity contribution in [2.24, 2.45) is 0 Å². The molecule has 0 aromatic heterocycles. The van der Waals surface area contributed by atoms with Crippen molar-refractivity contribution in [3.63, 3.8) is 0 Å². The maximum Gasteiger partial charge on any atom is 0.167 e. The van der Waals surface area contributed by atoms with Gasteiger partial charge in [-0.1, -0.05) is 0 Å². The minimum absolute atomic E-state index is 0.240. The highest BCUT2D eigenvalue weighted by Crippen LogP contribution is 2.26. The van der Waals surface area contributed by atoms with Crippen LogP contribution in [0.5, 0.6) is 5.75 Å². The van der Waals surface area contributed by atoms with Crippen LogP contribution >= 0.6 is 0 Å². The molecule has 0 aliphatic carbocycles. The van der Waals surface area contributed by atoms with Crippen LogP contribution in [-0.2, 0) is 0 Å². The number of benzene rings is 1. The van der Waals surface area contributed by atoms with Crippen LogP contribution in [-0.4, -0.2) is 19.5 Å². The molecule has 1 heterocycles. The molecule has 1 aliphatic heterocycles. The van der Waals surface area contributed by atoms with Gasteiger partial charge in [0.25, 0.3) is 0 Å². The number of rotatable bonds is 2. The van der Waals surface area contributed by atoms with Gasteiger partial charge in [-0.05, 0) is 18.6 Å². The Morgan fingerprint density at radius 1 is 1.47 bits per heavy atom. The number of halogens is 1. The number of methoxy groups -OCH3 is 1. The van der Waals surface area contributed by atoms with Gasteiger partial charge in [0.1, 0.15) is 5.84 Å². The molecule has 0 unspecified atom stereocenters. The molecular formula is C11H13FN2O. The van der Waals surface area contributed by atoms with Crippen LogP contribution in [0, 0.1) is 11.2 Å². The van der Waals surface area contributed by atoms with Crippen molar-refractivity contribution in [2.45, 2.75) is 12.8 Å². The molecule has 4 heteroatoms. The van der Waals surface area contributed by atoms with Crippen LogP contribution in [0.1, 0.15) is 12.8 Å². The van der Waals surface area contributed by atoms with Crippen LogP contribution < -0.4 is 9.64 Å². The van der Waals surface area contributed by atoms with Gasteiger partial charge in [-0.15, -0.1) is 0 Å². The summed E-state index contributed by atoms with van der Waals surface area (Å²) in [6.07, 6.45) is 1.74. The summed E-state index contributed by atoms with van der Waals surface area (Å²) in [6.45, 7) is 0.796. The molecule has 0 amide bonds. The second-order valence-electron chi connectivity index (χ2n) is 3.52. The van der Waals surface area contributed by atoms with E-state index in [1.165, 1.54) is 13.2 Å². The zero-order valence-electron chi connectivity index (χ0n) is 8.59. The van der Waals surface area contributed by atoms with Crippen molar-refractivity contribution in [1.29, 1.82) is 5.41 Å². The van der Waals surface area contributed by atoms with E-state index in [0.29, 0.717) is 5.84 Å². The molecule has 1 aliphatic rings. The molecule has 0 spiro atoms. The summed E-state index contributed by atoms with van der Waals surface area (Å²) >= 11 is 0. The Morgan fingerprint density at radius 3 is 2.80 bits per heavy atom. The lowest BCUT2D eigenvalue weighted by atomic mass is 10.2. The van der Waals surface area contributed by atoms with Crippen LogP contribution in [0.15, 0.2) is 18.2 Å². The number of ether oxygens (including phenoxy) is 1. The molecule has 1 aromatic carbocycles. The van der Waals surface area contributed by atoms with Crippen molar-refractivity contribution in [1.82, 2.24) is 0 Å². The van der Waals surface area contributed by atoms with Gasteiger partial charge in [0.05, 0.1) is 7.11 Å². The second-order valence-corrected chi connectivity index (χ2v) is 3.52. The van der Waals surface area contributed by atoms with Crippen LogP contribution in [0.4, 0.5) is 10.1 Å². The van der Waals surface area contributed by atoms with Crippen LogP contribution in [0.25, 0.3) is 0 Å². The van der Waals surface area contributed by atoms with Gasteiger partial charge in [-0.3, -0.25) is 5.41 Å². The third-order valence-corrected chi connectivity index (χ3v) is 2.57. The van der Waals surface area contributed by atoms with Gasteiger partial charge in [-0.2, -0.15) is 0 Å². The van der Waals surface area contributed by atoms with Gasteiger partial charge in [-0.25, -0.2) is 4.39 Å². The molecular weight excluding hydrogens is 195 g/mol. The third kappa shape index (κ3) is 1.79. The number of hydrogen-bond donors (Lipinski definition) is 1. The van der Waals surface area contributed by atoms with Gasteiger partial charge in [0, 0.05) is 24.7 Å². The number of hydrogen-bond acceptors (Lipinski definition) is 2. The van der Waals surface area contributed by atoms with Crippen molar-refractivity contribution in [2.75, 3.05) is 18.6 Å². The summed E-state index contributed by atoms with van der Waals surface area (Å²) in [4.78, 5) is 1.82. The Bertz CT molecular complexity index is 392. The first-order chi connectivity index (χ1) is 7.22. The maximum atomic E-state index is 13.4. The summed E-state index contributed by atoms with van der Waals surface area (Å²) in [6, 6.07) is 4.79. The van der Waals surface area contributed by atoms with Gasteiger partial charge < -0.3 is 9.64 Å². The van der Waals surface area contributed by atoms with E-state index in [-0.39, 0.29) is 11.6 Å². The molecule has 2 rings (SSSR count). The molecule has 0 saturated carbocycles. The summed E-state index contributed by atoms with van der Waals surface area (Å²) in [5.74, 6) is 0.416. The fourth-order valence-electron chi connectivity index (χ4n) is 1.78. The molecule has 80 valence electrons. The quantitative estimate of drug-likeness (QED) is 0.810. The lowest BCUT2D eigenvalue weighted by molar-refractivity contribution is 0.386. The molecule has 1 N–H and O–H groups in total. The number of anilines is 1. The molecule has 0 atom stereocenters. The molecule has 15 heavy (non-hydrogen) atoms. The van der Waals surface area contributed by atoms with E-state index >= 15 is 0 Å². The summed E-state index contributed by atoms with van der Waals surface area (Å²) < 4.78 is 18.3. The van der Waals surface area contributed by atoms with Crippen LogP contribution in [0.2, 0.25) is 0 Å². The first-order valence-electron chi connectivity index (χ1n) is 4.91. The van der Waals surface area contributed by atoms with Crippen molar-refractivity contribution >= 4 is 11.5 Å². The molecule has 0 bridgehead atoms. The molecule has 1 aromatic rings. The molecule has 1 fully saturated rings. The Kier molecular flexibility index (Phi) is 2.58. The van der Waals surface area contributed by atoms with Crippen LogP contribution in [0.3, 0.4) is 0 Å². The van der Waals surface area contributed by atoms with Gasteiger partial charge >= 0.3 is 0 Å². The highest BCUT2D eigenvalue weighted by Gasteiger charge is 2.19. The van der Waals surface area contributed by atoms with E-state index in [1.807, 2.05) is 4.90 Å². The first kappa shape index (κ1) is 9.96. The molecule has 0 radical (unpaired) electrons. The zero-order valence-corrected chi connectivity index (χ0v) is 8.59. The molecule has 1 saturated heterocycles. The highest BCUT2D eigenvalue weighted by molar-refractivity contribution is 5.97. The minimum atomic E-state index is -0.380.